The van der Waals surface area contributed by atoms with E-state index in [4.69, 9.17) is 9.84 Å². The molecule has 0 heterocycles. The molecule has 0 atom stereocenters. The lowest BCUT2D eigenvalue weighted by Crippen LogP contribution is -2.24. The van der Waals surface area contributed by atoms with E-state index < -0.39 is 5.97 Å². The quantitative estimate of drug-likeness (QED) is 0.432. The smallest absolute Gasteiger partial charge is 0.328 e. The first-order valence-corrected chi connectivity index (χ1v) is 9.30. The molecule has 0 radical (unpaired) electrons. The maximum Gasteiger partial charge on any atom is 0.328 e. The molecule has 0 aromatic heterocycles. The van der Waals surface area contributed by atoms with Gasteiger partial charge in [0.15, 0.2) is 0 Å². The normalized spacial score (nSPS) is 11.5. The summed E-state index contributed by atoms with van der Waals surface area (Å²) in [5.41, 5.74) is 4.29. The lowest BCUT2D eigenvalue weighted by Gasteiger charge is -2.33. The van der Waals surface area contributed by atoms with Crippen LogP contribution in [0.5, 0.6) is 5.75 Å². The predicted octanol–water partition coefficient (Wildman–Crippen LogP) is 6.09. The van der Waals surface area contributed by atoms with E-state index in [0.29, 0.717) is 0 Å². The molecule has 142 valence electrons. The standard InChI is InChI=1S/C24H28O3/c1-5-16-24(6-2,7-3)21-17-20(13-14-22(21)27-4)19-11-8-18(9-12-19)10-15-23(25)26/h5,8-15,17H,1,6-7,16H2,2-4H3,(H,25,26)/b15-10+. The molecule has 1 N–H and O–H groups in total. The molecule has 2 aromatic carbocycles. The molecule has 3 nitrogen and oxygen atoms in total. The van der Waals surface area contributed by atoms with Gasteiger partial charge in [0.25, 0.3) is 0 Å². The number of carboxylic acids is 1. The predicted molar refractivity (Wildman–Crippen MR) is 112 cm³/mol. The van der Waals surface area contributed by atoms with Gasteiger partial charge in [0.05, 0.1) is 7.11 Å². The van der Waals surface area contributed by atoms with E-state index in [0.717, 1.165) is 47.8 Å². The second-order valence-electron chi connectivity index (χ2n) is 6.69. The van der Waals surface area contributed by atoms with Crippen molar-refractivity contribution in [2.45, 2.75) is 38.5 Å². The van der Waals surface area contributed by atoms with E-state index in [9.17, 15) is 4.79 Å². The van der Waals surface area contributed by atoms with Gasteiger partial charge in [-0.2, -0.15) is 0 Å². The average Bonchev–Trinajstić information content (AvgIpc) is 2.70. The first-order valence-electron chi connectivity index (χ1n) is 9.30. The van der Waals surface area contributed by atoms with Gasteiger partial charge in [0.2, 0.25) is 0 Å². The Balaban J connectivity index is 2.47. The van der Waals surface area contributed by atoms with E-state index in [1.807, 2.05) is 36.4 Å². The molecule has 0 amide bonds. The zero-order valence-electron chi connectivity index (χ0n) is 16.4. The number of allylic oxidation sites excluding steroid dienone is 1. The van der Waals surface area contributed by atoms with Crippen molar-refractivity contribution in [1.29, 1.82) is 0 Å². The summed E-state index contributed by atoms with van der Waals surface area (Å²) in [6.07, 6.45) is 7.64. The third kappa shape index (κ3) is 4.68. The highest BCUT2D eigenvalue weighted by molar-refractivity contribution is 5.85. The first kappa shape index (κ1) is 20.5. The Morgan fingerprint density at radius 3 is 2.26 bits per heavy atom. The number of carbonyl (C=O) groups is 1. The number of carboxylic acid groups (broad SMARTS) is 1. The van der Waals surface area contributed by atoms with Crippen molar-refractivity contribution >= 4 is 12.0 Å². The molecule has 0 aliphatic heterocycles. The van der Waals surface area contributed by atoms with Crippen molar-refractivity contribution in [2.24, 2.45) is 0 Å². The van der Waals surface area contributed by atoms with Crippen molar-refractivity contribution < 1.29 is 14.6 Å². The van der Waals surface area contributed by atoms with Gasteiger partial charge in [-0.15, -0.1) is 6.58 Å². The molecule has 2 rings (SSSR count). The molecule has 0 saturated heterocycles. The van der Waals surface area contributed by atoms with Gasteiger partial charge in [-0.05, 0) is 54.2 Å². The van der Waals surface area contributed by atoms with Crippen molar-refractivity contribution in [3.8, 4) is 16.9 Å². The SMILES string of the molecule is C=CCC(CC)(CC)c1cc(-c2ccc(/C=C/C(=O)O)cc2)ccc1OC. The van der Waals surface area contributed by atoms with Gasteiger partial charge >= 0.3 is 5.97 Å². The molecule has 0 saturated carbocycles. The van der Waals surface area contributed by atoms with Crippen LogP contribution in [0, 0.1) is 0 Å². The second-order valence-corrected chi connectivity index (χ2v) is 6.69. The minimum Gasteiger partial charge on any atom is -0.496 e. The molecular weight excluding hydrogens is 336 g/mol. The van der Waals surface area contributed by atoms with E-state index in [1.165, 1.54) is 5.56 Å². The lowest BCUT2D eigenvalue weighted by atomic mass is 9.72. The molecule has 0 unspecified atom stereocenters. The fourth-order valence-corrected chi connectivity index (χ4v) is 3.56. The Bertz CT molecular complexity index is 812. The molecule has 0 bridgehead atoms. The summed E-state index contributed by atoms with van der Waals surface area (Å²) in [5, 5.41) is 8.75. The maximum absolute atomic E-state index is 10.7. The summed E-state index contributed by atoms with van der Waals surface area (Å²) in [6, 6.07) is 14.2. The highest BCUT2D eigenvalue weighted by Gasteiger charge is 2.30. The molecule has 0 fully saturated rings. The van der Waals surface area contributed by atoms with E-state index in [-0.39, 0.29) is 5.41 Å². The van der Waals surface area contributed by atoms with Gasteiger partial charge in [0.1, 0.15) is 5.75 Å². The van der Waals surface area contributed by atoms with Gasteiger partial charge < -0.3 is 9.84 Å². The molecular formula is C24H28O3. The second kappa shape index (κ2) is 9.22. The lowest BCUT2D eigenvalue weighted by molar-refractivity contribution is -0.131. The van der Waals surface area contributed by atoms with Crippen LogP contribution in [0.2, 0.25) is 0 Å². The number of benzene rings is 2. The van der Waals surface area contributed by atoms with Crippen LogP contribution in [0.3, 0.4) is 0 Å². The van der Waals surface area contributed by atoms with Gasteiger partial charge in [-0.25, -0.2) is 4.79 Å². The van der Waals surface area contributed by atoms with Crippen LogP contribution in [0.15, 0.2) is 61.2 Å². The average molecular weight is 364 g/mol. The highest BCUT2D eigenvalue weighted by Crippen LogP contribution is 2.42. The summed E-state index contributed by atoms with van der Waals surface area (Å²) < 4.78 is 5.67. The van der Waals surface area contributed by atoms with Crippen LogP contribution in [-0.4, -0.2) is 18.2 Å². The van der Waals surface area contributed by atoms with Crippen LogP contribution >= 0.6 is 0 Å². The zero-order valence-corrected chi connectivity index (χ0v) is 16.4. The Morgan fingerprint density at radius 2 is 1.74 bits per heavy atom. The number of hydrogen-bond acceptors (Lipinski definition) is 2. The summed E-state index contributed by atoms with van der Waals surface area (Å²) >= 11 is 0. The third-order valence-corrected chi connectivity index (χ3v) is 5.32. The van der Waals surface area contributed by atoms with E-state index in [1.54, 1.807) is 13.2 Å². The first-order chi connectivity index (χ1) is 13.0. The Kier molecular flexibility index (Phi) is 7.00. The van der Waals surface area contributed by atoms with E-state index >= 15 is 0 Å². The van der Waals surface area contributed by atoms with Crippen LogP contribution in [-0.2, 0) is 10.2 Å². The van der Waals surface area contributed by atoms with Crippen molar-refractivity contribution in [2.75, 3.05) is 7.11 Å². The molecule has 0 aliphatic rings. The Hall–Kier alpha value is -2.81. The fraction of sp³-hybridized carbons (Fsp3) is 0.292. The van der Waals surface area contributed by atoms with Crippen LogP contribution in [0.4, 0.5) is 0 Å². The van der Waals surface area contributed by atoms with Crippen molar-refractivity contribution in [1.82, 2.24) is 0 Å². The summed E-state index contributed by atoms with van der Waals surface area (Å²) in [7, 11) is 1.71. The van der Waals surface area contributed by atoms with Crippen LogP contribution in [0.25, 0.3) is 17.2 Å². The Labute approximate surface area is 162 Å². The van der Waals surface area contributed by atoms with Gasteiger partial charge in [-0.1, -0.05) is 50.3 Å². The highest BCUT2D eigenvalue weighted by atomic mass is 16.5. The monoisotopic (exact) mass is 364 g/mol. The number of aliphatic carboxylic acids is 1. The molecule has 3 heteroatoms. The molecule has 27 heavy (non-hydrogen) atoms. The minimum atomic E-state index is -0.948. The summed E-state index contributed by atoms with van der Waals surface area (Å²) in [5.74, 6) is -0.0399. The number of ether oxygens (including phenoxy) is 1. The fourth-order valence-electron chi connectivity index (χ4n) is 3.56. The van der Waals surface area contributed by atoms with Gasteiger partial charge in [0, 0.05) is 17.1 Å². The van der Waals surface area contributed by atoms with Gasteiger partial charge in [-0.3, -0.25) is 0 Å². The largest absolute Gasteiger partial charge is 0.496 e. The number of hydrogen-bond donors (Lipinski definition) is 1. The van der Waals surface area contributed by atoms with E-state index in [2.05, 4.69) is 32.6 Å². The number of methoxy groups -OCH3 is 1. The maximum atomic E-state index is 10.7. The zero-order chi connectivity index (χ0) is 19.9. The molecule has 0 aliphatic carbocycles. The Morgan fingerprint density at radius 1 is 1.11 bits per heavy atom. The van der Waals surface area contributed by atoms with Crippen LogP contribution < -0.4 is 4.74 Å². The number of rotatable bonds is 9. The van der Waals surface area contributed by atoms with Crippen molar-refractivity contribution in [3.63, 3.8) is 0 Å². The van der Waals surface area contributed by atoms with Crippen LogP contribution in [0.1, 0.15) is 44.2 Å². The molecule has 0 spiro atoms. The molecule has 2 aromatic rings. The summed E-state index contributed by atoms with van der Waals surface area (Å²) in [6.45, 7) is 8.38. The third-order valence-electron chi connectivity index (χ3n) is 5.32. The van der Waals surface area contributed by atoms with Crippen molar-refractivity contribution in [3.05, 3.63) is 72.3 Å². The minimum absolute atomic E-state index is 0.00721. The topological polar surface area (TPSA) is 46.5 Å². The summed E-state index contributed by atoms with van der Waals surface area (Å²) in [4.78, 5) is 10.7.